The van der Waals surface area contributed by atoms with Crippen LogP contribution in [0.4, 0.5) is 16.2 Å². The highest BCUT2D eigenvalue weighted by atomic mass is 35.5. The quantitative estimate of drug-likeness (QED) is 0.524. The van der Waals surface area contributed by atoms with Gasteiger partial charge in [-0.1, -0.05) is 23.2 Å². The number of phenols is 1. The van der Waals surface area contributed by atoms with Crippen LogP contribution in [0.3, 0.4) is 0 Å². The van der Waals surface area contributed by atoms with Gasteiger partial charge in [-0.15, -0.1) is 0 Å². The first-order valence-corrected chi connectivity index (χ1v) is 9.39. The molecule has 136 valence electrons. The van der Waals surface area contributed by atoms with E-state index in [1.807, 2.05) is 0 Å². The second-order valence-corrected chi connectivity index (χ2v) is 7.75. The molecule has 0 atom stereocenters. The van der Waals surface area contributed by atoms with Crippen molar-refractivity contribution in [2.75, 3.05) is 17.2 Å². The minimum absolute atomic E-state index is 0.0795. The van der Waals surface area contributed by atoms with Gasteiger partial charge in [-0.2, -0.15) is 0 Å². The van der Waals surface area contributed by atoms with Crippen LogP contribution in [0.5, 0.6) is 5.75 Å². The van der Waals surface area contributed by atoms with E-state index in [2.05, 4.69) is 15.6 Å². The Kier molecular flexibility index (Phi) is 4.94. The Morgan fingerprint density at radius 2 is 1.88 bits per heavy atom. The van der Waals surface area contributed by atoms with Gasteiger partial charge < -0.3 is 15.7 Å². The second-order valence-electron chi connectivity index (χ2n) is 5.15. The third-order valence-corrected chi connectivity index (χ3v) is 6.01. The number of carbonyl (C=O) groups is 1. The van der Waals surface area contributed by atoms with Crippen molar-refractivity contribution in [2.45, 2.75) is 4.90 Å². The van der Waals surface area contributed by atoms with Gasteiger partial charge in [0.1, 0.15) is 4.90 Å². The molecule has 2 aromatic rings. The lowest BCUT2D eigenvalue weighted by atomic mass is 10.3. The van der Waals surface area contributed by atoms with E-state index in [4.69, 9.17) is 23.2 Å². The molecule has 0 saturated heterocycles. The molecule has 0 fully saturated rings. The summed E-state index contributed by atoms with van der Waals surface area (Å²) in [5.41, 5.74) is 0.119. The van der Waals surface area contributed by atoms with Gasteiger partial charge >= 0.3 is 6.03 Å². The van der Waals surface area contributed by atoms with Gasteiger partial charge in [0.2, 0.25) is 0 Å². The Bertz CT molecular complexity index is 1010. The molecule has 2 heterocycles. The molecule has 26 heavy (non-hydrogen) atoms. The molecule has 1 aliphatic rings. The second kappa shape index (κ2) is 7.02. The molecule has 0 aliphatic carbocycles. The number of benzene rings is 1. The van der Waals surface area contributed by atoms with Crippen molar-refractivity contribution in [3.8, 4) is 5.75 Å². The maximum Gasteiger partial charge on any atom is 0.323 e. The molecule has 1 aliphatic heterocycles. The lowest BCUT2D eigenvalue weighted by molar-refractivity contribution is 0.262. The molecule has 0 saturated carbocycles. The molecule has 8 nitrogen and oxygen atoms in total. The number of halogens is 2. The van der Waals surface area contributed by atoms with Crippen LogP contribution in [0.1, 0.15) is 0 Å². The largest absolute Gasteiger partial charge is 0.504 e. The van der Waals surface area contributed by atoms with E-state index in [1.54, 1.807) is 12.1 Å². The van der Waals surface area contributed by atoms with Crippen LogP contribution in [0.25, 0.3) is 0 Å². The Labute approximate surface area is 159 Å². The van der Waals surface area contributed by atoms with Gasteiger partial charge in [0.05, 0.1) is 22.9 Å². The first kappa shape index (κ1) is 18.3. The summed E-state index contributed by atoms with van der Waals surface area (Å²) in [5, 5.41) is 15.1. The summed E-state index contributed by atoms with van der Waals surface area (Å²) in [4.78, 5) is 15.4. The minimum atomic E-state index is -4.03. The van der Waals surface area contributed by atoms with Crippen molar-refractivity contribution in [1.82, 2.24) is 9.29 Å². The van der Waals surface area contributed by atoms with Crippen LogP contribution in [0, 0.1) is 0 Å². The first-order chi connectivity index (χ1) is 12.3. The molecule has 1 aromatic carbocycles. The molecule has 0 spiro atoms. The highest BCUT2D eigenvalue weighted by Gasteiger charge is 2.31. The van der Waals surface area contributed by atoms with Gasteiger partial charge in [-0.05, 0) is 30.3 Å². The van der Waals surface area contributed by atoms with Crippen LogP contribution in [-0.2, 0) is 10.0 Å². The summed E-state index contributed by atoms with van der Waals surface area (Å²) in [6.45, 7) is 0.176. The predicted molar refractivity (Wildman–Crippen MR) is 98.0 cm³/mol. The topological polar surface area (TPSA) is 112 Å². The number of hydrogen-bond acceptors (Lipinski definition) is 5. The Morgan fingerprint density at radius 3 is 2.50 bits per heavy atom. The number of anilines is 2. The van der Waals surface area contributed by atoms with Crippen molar-refractivity contribution in [3.05, 3.63) is 52.9 Å². The van der Waals surface area contributed by atoms with Crippen LogP contribution in [0.2, 0.25) is 10.2 Å². The smallest absolute Gasteiger partial charge is 0.323 e. The molecule has 1 aromatic heterocycles. The van der Waals surface area contributed by atoms with Gasteiger partial charge in [-0.25, -0.2) is 18.2 Å². The number of urea groups is 1. The van der Waals surface area contributed by atoms with Gasteiger partial charge in [0.15, 0.2) is 10.9 Å². The number of aromatic hydroxyl groups is 1. The van der Waals surface area contributed by atoms with Crippen molar-refractivity contribution < 1.29 is 18.3 Å². The molecule has 0 unspecified atom stereocenters. The van der Waals surface area contributed by atoms with Crippen LogP contribution in [0.15, 0.2) is 47.6 Å². The number of aromatic nitrogens is 1. The predicted octanol–water partition coefficient (Wildman–Crippen LogP) is 3.26. The number of sulfonamides is 1. The summed E-state index contributed by atoms with van der Waals surface area (Å²) in [7, 11) is -4.03. The van der Waals surface area contributed by atoms with Crippen molar-refractivity contribution in [2.24, 2.45) is 0 Å². The highest BCUT2D eigenvalue weighted by Crippen LogP contribution is 2.39. The van der Waals surface area contributed by atoms with Crippen LogP contribution >= 0.6 is 23.2 Å². The van der Waals surface area contributed by atoms with Crippen LogP contribution in [-0.4, -0.2) is 35.4 Å². The zero-order valence-corrected chi connectivity index (χ0v) is 15.3. The van der Waals surface area contributed by atoms with E-state index in [0.29, 0.717) is 0 Å². The normalized spacial score (nSPS) is 13.2. The Balaban J connectivity index is 1.87. The number of rotatable bonds is 4. The molecule has 3 rings (SSSR count). The zero-order chi connectivity index (χ0) is 18.9. The van der Waals surface area contributed by atoms with E-state index in [9.17, 15) is 18.3 Å². The summed E-state index contributed by atoms with van der Waals surface area (Å²) in [5.74, 6) is -0.662. The number of amides is 2. The average Bonchev–Trinajstić information content (AvgIpc) is 2.50. The Morgan fingerprint density at radius 1 is 1.19 bits per heavy atom. The van der Waals surface area contributed by atoms with E-state index < -0.39 is 26.7 Å². The monoisotopic (exact) mass is 414 g/mol. The third kappa shape index (κ3) is 3.41. The number of pyridine rings is 1. The minimum Gasteiger partial charge on any atom is -0.504 e. The van der Waals surface area contributed by atoms with Crippen molar-refractivity contribution in [1.29, 1.82) is 0 Å². The average molecular weight is 415 g/mol. The molecule has 0 radical (unpaired) electrons. The fraction of sp³-hybridized carbons (Fsp3) is 0.0667. The van der Waals surface area contributed by atoms with E-state index >= 15 is 0 Å². The molecule has 11 heteroatoms. The maximum absolute atomic E-state index is 12.5. The number of carbonyl (C=O) groups excluding carboxylic acids is 1. The Hall–Kier alpha value is -2.49. The van der Waals surface area contributed by atoms with Crippen molar-refractivity contribution in [3.63, 3.8) is 0 Å². The molecule has 2 amide bonds. The first-order valence-electron chi connectivity index (χ1n) is 7.19. The lowest BCUT2D eigenvalue weighted by Crippen LogP contribution is -2.32. The molecule has 3 N–H and O–H groups in total. The van der Waals surface area contributed by atoms with Gasteiger partial charge in [0.25, 0.3) is 10.0 Å². The van der Waals surface area contributed by atoms with E-state index in [1.165, 1.54) is 30.6 Å². The fourth-order valence-corrected chi connectivity index (χ4v) is 4.18. The van der Waals surface area contributed by atoms with Crippen LogP contribution < -0.4 is 10.6 Å². The van der Waals surface area contributed by atoms with Crippen molar-refractivity contribution >= 4 is 50.6 Å². The third-order valence-electron chi connectivity index (χ3n) is 3.46. The summed E-state index contributed by atoms with van der Waals surface area (Å²) in [6.07, 6.45) is 4.44. The molecular weight excluding hydrogens is 403 g/mol. The molecular formula is C15H12Cl2N4O4S. The van der Waals surface area contributed by atoms with E-state index in [0.717, 1.165) is 4.31 Å². The van der Waals surface area contributed by atoms with Gasteiger partial charge in [-0.3, -0.25) is 4.31 Å². The maximum atomic E-state index is 12.5. The summed E-state index contributed by atoms with van der Waals surface area (Å²) < 4.78 is 26.0. The standard InChI is InChI=1S/C15H12Cl2N4O4S/c16-9-4-5-10(12(22)13(9)26(24,25)21-7-2-8-21)19-15(23)20-11-3-1-6-18-14(11)17/h1-7,22H,8H2,(H2,19,20,23). The number of nitrogens with zero attached hydrogens (tertiary/aromatic N) is 2. The number of nitrogens with one attached hydrogen (secondary N) is 2. The SMILES string of the molecule is O=C(Nc1cccnc1Cl)Nc1ccc(Cl)c(S(=O)(=O)N2C=CC2)c1O. The highest BCUT2D eigenvalue weighted by molar-refractivity contribution is 7.89. The number of hydrogen-bond donors (Lipinski definition) is 3. The zero-order valence-electron chi connectivity index (χ0n) is 13.0. The summed E-state index contributed by atoms with van der Waals surface area (Å²) in [6, 6.07) is 4.91. The fourth-order valence-electron chi connectivity index (χ4n) is 2.13. The summed E-state index contributed by atoms with van der Waals surface area (Å²) >= 11 is 11.8. The number of phenolic OH excluding ortho intramolecular Hbond substituents is 1. The molecule has 0 bridgehead atoms. The van der Waals surface area contributed by atoms with Gasteiger partial charge in [0, 0.05) is 12.4 Å². The lowest BCUT2D eigenvalue weighted by Gasteiger charge is -2.26. The van der Waals surface area contributed by atoms with E-state index in [-0.39, 0.29) is 28.1 Å².